The predicted octanol–water partition coefficient (Wildman–Crippen LogP) is 6.49. The standard InChI is InChI=1S/C26H22F5NO3/c1-3-8-35-24-7-4-16(21-11-18(14-33)22(27)9-15(21)2)10-17(24)13-32-25(34)20-6-5-19(12-23(20)28)26(29,30)31/h4-7,9-12,14H,3,8,13H2,1-2H3,(H,32,34). The molecule has 0 aliphatic rings. The number of hydrogen-bond acceptors (Lipinski definition) is 3. The third kappa shape index (κ3) is 6.03. The molecule has 4 nitrogen and oxygen atoms in total. The van der Waals surface area contributed by atoms with E-state index in [4.69, 9.17) is 4.74 Å². The Kier molecular flexibility index (Phi) is 7.89. The third-order valence-corrected chi connectivity index (χ3v) is 5.28. The van der Waals surface area contributed by atoms with Crippen LogP contribution < -0.4 is 10.1 Å². The van der Waals surface area contributed by atoms with Crippen LogP contribution in [0.4, 0.5) is 22.0 Å². The summed E-state index contributed by atoms with van der Waals surface area (Å²) in [4.78, 5) is 23.7. The molecule has 0 aliphatic heterocycles. The minimum absolute atomic E-state index is 0.107. The van der Waals surface area contributed by atoms with Crippen molar-refractivity contribution in [3.63, 3.8) is 0 Å². The summed E-state index contributed by atoms with van der Waals surface area (Å²) in [6.07, 6.45) is -3.61. The van der Waals surface area contributed by atoms with Crippen LogP contribution in [-0.2, 0) is 12.7 Å². The van der Waals surface area contributed by atoms with Crippen LogP contribution in [0.3, 0.4) is 0 Å². The first-order valence-corrected chi connectivity index (χ1v) is 10.7. The van der Waals surface area contributed by atoms with Gasteiger partial charge >= 0.3 is 6.18 Å². The number of rotatable bonds is 8. The first-order valence-electron chi connectivity index (χ1n) is 10.7. The molecule has 0 aromatic heterocycles. The summed E-state index contributed by atoms with van der Waals surface area (Å²) in [5.74, 6) is -2.39. The van der Waals surface area contributed by atoms with Gasteiger partial charge in [-0.1, -0.05) is 13.0 Å². The van der Waals surface area contributed by atoms with Crippen molar-refractivity contribution in [2.45, 2.75) is 33.0 Å². The lowest BCUT2D eigenvalue weighted by Gasteiger charge is -2.15. The number of nitrogens with one attached hydrogen (secondary N) is 1. The SMILES string of the molecule is CCCOc1ccc(-c2cc(C=O)c(F)cc2C)cc1CNC(=O)c1ccc(C(F)(F)F)cc1F. The molecule has 0 fully saturated rings. The zero-order chi connectivity index (χ0) is 25.8. The monoisotopic (exact) mass is 491 g/mol. The van der Waals surface area contributed by atoms with Gasteiger partial charge in [0.15, 0.2) is 6.29 Å². The van der Waals surface area contributed by atoms with Crippen molar-refractivity contribution >= 4 is 12.2 Å². The fourth-order valence-corrected chi connectivity index (χ4v) is 3.48. The third-order valence-electron chi connectivity index (χ3n) is 5.28. The molecule has 3 rings (SSSR count). The highest BCUT2D eigenvalue weighted by Crippen LogP contribution is 2.32. The van der Waals surface area contributed by atoms with Gasteiger partial charge < -0.3 is 10.1 Å². The van der Waals surface area contributed by atoms with Crippen LogP contribution in [0.2, 0.25) is 0 Å². The lowest BCUT2D eigenvalue weighted by atomic mass is 9.96. The van der Waals surface area contributed by atoms with E-state index in [2.05, 4.69) is 5.32 Å². The average molecular weight is 491 g/mol. The number of alkyl halides is 3. The van der Waals surface area contributed by atoms with Gasteiger partial charge in [-0.15, -0.1) is 0 Å². The second kappa shape index (κ2) is 10.7. The first kappa shape index (κ1) is 25.9. The number of carbonyl (C=O) groups excluding carboxylic acids is 2. The van der Waals surface area contributed by atoms with Crippen LogP contribution in [0.25, 0.3) is 11.1 Å². The lowest BCUT2D eigenvalue weighted by molar-refractivity contribution is -0.137. The van der Waals surface area contributed by atoms with E-state index in [1.54, 1.807) is 25.1 Å². The van der Waals surface area contributed by atoms with Gasteiger partial charge in [0.25, 0.3) is 5.91 Å². The fraction of sp³-hybridized carbons (Fsp3) is 0.231. The molecule has 3 aromatic carbocycles. The largest absolute Gasteiger partial charge is 0.493 e. The molecular formula is C26H22F5NO3. The van der Waals surface area contributed by atoms with Gasteiger partial charge in [0.2, 0.25) is 0 Å². The number of aryl methyl sites for hydroxylation is 1. The minimum Gasteiger partial charge on any atom is -0.493 e. The molecular weight excluding hydrogens is 469 g/mol. The number of carbonyl (C=O) groups is 2. The Hall–Kier alpha value is -3.75. The van der Waals surface area contributed by atoms with Crippen LogP contribution in [0.5, 0.6) is 5.75 Å². The maximum atomic E-state index is 14.2. The summed E-state index contributed by atoms with van der Waals surface area (Å²) < 4.78 is 72.2. The topological polar surface area (TPSA) is 55.4 Å². The van der Waals surface area contributed by atoms with E-state index in [1.807, 2.05) is 6.92 Å². The molecule has 0 saturated heterocycles. The van der Waals surface area contributed by atoms with Gasteiger partial charge in [-0.3, -0.25) is 9.59 Å². The molecule has 1 N–H and O–H groups in total. The molecule has 1 amide bonds. The Labute approximate surface area is 198 Å². The van der Waals surface area contributed by atoms with E-state index < -0.39 is 34.8 Å². The maximum Gasteiger partial charge on any atom is 0.416 e. The Morgan fingerprint density at radius 2 is 1.77 bits per heavy atom. The highest BCUT2D eigenvalue weighted by molar-refractivity contribution is 5.94. The van der Waals surface area contributed by atoms with Crippen molar-refractivity contribution < 1.29 is 36.3 Å². The first-order chi connectivity index (χ1) is 16.5. The molecule has 0 unspecified atom stereocenters. The summed E-state index contributed by atoms with van der Waals surface area (Å²) in [5.41, 5.74) is 0.472. The van der Waals surface area contributed by atoms with Gasteiger partial charge in [0.1, 0.15) is 17.4 Å². The van der Waals surface area contributed by atoms with E-state index in [9.17, 15) is 31.5 Å². The van der Waals surface area contributed by atoms with Crippen molar-refractivity contribution in [3.8, 4) is 16.9 Å². The van der Waals surface area contributed by atoms with Crippen LogP contribution in [-0.4, -0.2) is 18.8 Å². The molecule has 0 spiro atoms. The molecule has 0 atom stereocenters. The number of benzene rings is 3. The van der Waals surface area contributed by atoms with Crippen molar-refractivity contribution in [2.24, 2.45) is 0 Å². The molecule has 0 saturated carbocycles. The molecule has 0 radical (unpaired) electrons. The number of hydrogen-bond donors (Lipinski definition) is 1. The Balaban J connectivity index is 1.90. The van der Waals surface area contributed by atoms with E-state index in [1.165, 1.54) is 12.1 Å². The number of halogens is 5. The van der Waals surface area contributed by atoms with E-state index in [0.29, 0.717) is 53.4 Å². The quantitative estimate of drug-likeness (QED) is 0.290. The number of amides is 1. The summed E-state index contributed by atoms with van der Waals surface area (Å²) in [5, 5.41) is 2.50. The van der Waals surface area contributed by atoms with Gasteiger partial charge in [-0.25, -0.2) is 8.78 Å². The number of ether oxygens (including phenoxy) is 1. The van der Waals surface area contributed by atoms with Gasteiger partial charge in [0.05, 0.1) is 23.3 Å². The predicted molar refractivity (Wildman–Crippen MR) is 120 cm³/mol. The zero-order valence-electron chi connectivity index (χ0n) is 18.9. The van der Waals surface area contributed by atoms with Gasteiger partial charge in [0, 0.05) is 12.1 Å². The van der Waals surface area contributed by atoms with Crippen molar-refractivity contribution in [3.05, 3.63) is 88.0 Å². The Morgan fingerprint density at radius 3 is 2.40 bits per heavy atom. The second-order valence-corrected chi connectivity index (χ2v) is 7.85. The van der Waals surface area contributed by atoms with E-state index >= 15 is 0 Å². The van der Waals surface area contributed by atoms with Gasteiger partial charge in [-0.05, 0) is 72.5 Å². The maximum absolute atomic E-state index is 14.2. The van der Waals surface area contributed by atoms with E-state index in [0.717, 1.165) is 6.07 Å². The van der Waals surface area contributed by atoms with Crippen molar-refractivity contribution in [1.29, 1.82) is 0 Å². The molecule has 184 valence electrons. The number of aldehydes is 1. The summed E-state index contributed by atoms with van der Waals surface area (Å²) in [6, 6.07) is 9.41. The molecule has 0 heterocycles. The molecule has 0 bridgehead atoms. The van der Waals surface area contributed by atoms with E-state index in [-0.39, 0.29) is 18.2 Å². The summed E-state index contributed by atoms with van der Waals surface area (Å²) >= 11 is 0. The second-order valence-electron chi connectivity index (χ2n) is 7.85. The van der Waals surface area contributed by atoms with Crippen LogP contribution in [0.15, 0.2) is 48.5 Å². The Bertz CT molecular complexity index is 1250. The highest BCUT2D eigenvalue weighted by Gasteiger charge is 2.31. The summed E-state index contributed by atoms with van der Waals surface area (Å²) in [6.45, 7) is 3.86. The average Bonchev–Trinajstić information content (AvgIpc) is 2.81. The minimum atomic E-state index is -4.73. The lowest BCUT2D eigenvalue weighted by Crippen LogP contribution is -2.24. The summed E-state index contributed by atoms with van der Waals surface area (Å²) in [7, 11) is 0. The smallest absolute Gasteiger partial charge is 0.416 e. The molecule has 9 heteroatoms. The zero-order valence-corrected chi connectivity index (χ0v) is 18.9. The van der Waals surface area contributed by atoms with Gasteiger partial charge in [-0.2, -0.15) is 13.2 Å². The van der Waals surface area contributed by atoms with Crippen LogP contribution in [0, 0.1) is 18.6 Å². The molecule has 0 aliphatic carbocycles. The molecule has 35 heavy (non-hydrogen) atoms. The van der Waals surface area contributed by atoms with Crippen LogP contribution >= 0.6 is 0 Å². The normalized spacial score (nSPS) is 11.3. The van der Waals surface area contributed by atoms with Crippen molar-refractivity contribution in [2.75, 3.05) is 6.61 Å². The molecule has 3 aromatic rings. The van der Waals surface area contributed by atoms with Crippen LogP contribution in [0.1, 0.15) is 50.8 Å². The fourth-order valence-electron chi connectivity index (χ4n) is 3.48. The van der Waals surface area contributed by atoms with Crippen molar-refractivity contribution in [1.82, 2.24) is 5.32 Å². The Morgan fingerprint density at radius 1 is 1.03 bits per heavy atom. The highest BCUT2D eigenvalue weighted by atomic mass is 19.4.